The molecule has 21 heavy (non-hydrogen) atoms. The van der Waals surface area contributed by atoms with Gasteiger partial charge in [0.05, 0.1) is 12.3 Å². The third-order valence-corrected chi connectivity index (χ3v) is 7.49. The molecule has 6 nitrogen and oxygen atoms in total. The summed E-state index contributed by atoms with van der Waals surface area (Å²) in [5.74, 6) is 0.991. The van der Waals surface area contributed by atoms with Crippen molar-refractivity contribution >= 4 is 32.5 Å². The van der Waals surface area contributed by atoms with Gasteiger partial charge >= 0.3 is 11.9 Å². The maximum absolute atomic E-state index is 11.3. The third kappa shape index (κ3) is 6.07. The van der Waals surface area contributed by atoms with Gasteiger partial charge in [-0.2, -0.15) is 11.8 Å². The second-order valence-electron chi connectivity index (χ2n) is 4.85. The number of ether oxygens (including phenoxy) is 1. The van der Waals surface area contributed by atoms with Crippen molar-refractivity contribution in [3.8, 4) is 0 Å². The molecule has 0 bridgehead atoms. The quantitative estimate of drug-likeness (QED) is 0.247. The van der Waals surface area contributed by atoms with E-state index in [4.69, 9.17) is 13.3 Å². The summed E-state index contributed by atoms with van der Waals surface area (Å²) < 4.78 is 20.6. The molecule has 123 valence electrons. The van der Waals surface area contributed by atoms with Crippen LogP contribution in [0.1, 0.15) is 25.7 Å². The molecule has 1 aliphatic heterocycles. The van der Waals surface area contributed by atoms with Crippen LogP contribution in [0.25, 0.3) is 0 Å². The molecule has 1 fully saturated rings. The largest absolute Gasteiger partial charge is 0.527 e. The predicted molar refractivity (Wildman–Crippen MR) is 82.0 cm³/mol. The maximum atomic E-state index is 11.3. The first kappa shape index (κ1) is 18.6. The molecule has 0 aromatic carbocycles. The Morgan fingerprint density at radius 3 is 2.29 bits per heavy atom. The van der Waals surface area contributed by atoms with Gasteiger partial charge in [-0.05, 0) is 45.7 Å². The average molecular weight is 336 g/mol. The lowest BCUT2D eigenvalue weighted by Crippen LogP contribution is -2.42. The first-order valence-electron chi connectivity index (χ1n) is 7.04. The standard InChI is InChI=1S/C13H24O6SSi/c1-16-21(17-2,18-3)9-5-8-20-7-4-6-11-10-12(14)19-13(11)15/h11H,4-10H2,1-3H3/q-1. The molecule has 0 spiro atoms. The number of hydrogen-bond acceptors (Lipinski definition) is 7. The maximum Gasteiger partial charge on any atom is 0.317 e. The van der Waals surface area contributed by atoms with Gasteiger partial charge in [0.25, 0.3) is 8.80 Å². The highest BCUT2D eigenvalue weighted by Gasteiger charge is 2.32. The van der Waals surface area contributed by atoms with Crippen molar-refractivity contribution in [1.29, 1.82) is 0 Å². The molecule has 0 saturated carbocycles. The number of hydrogen-bond donors (Lipinski definition) is 0. The molecule has 1 heterocycles. The SMILES string of the molecule is CO[Si-](CCCSCCCC1CC(=O)OC1=O)(OC)OC. The lowest BCUT2D eigenvalue weighted by atomic mass is 10.0. The van der Waals surface area contributed by atoms with Crippen LogP contribution < -0.4 is 0 Å². The van der Waals surface area contributed by atoms with Gasteiger partial charge in [-0.1, -0.05) is 12.5 Å². The number of carbonyl (C=O) groups is 2. The van der Waals surface area contributed by atoms with Gasteiger partial charge in [0, 0.05) is 0 Å². The van der Waals surface area contributed by atoms with E-state index < -0.39 is 14.8 Å². The van der Waals surface area contributed by atoms with Crippen LogP contribution in [-0.4, -0.2) is 53.6 Å². The van der Waals surface area contributed by atoms with Gasteiger partial charge in [0.2, 0.25) is 0 Å². The van der Waals surface area contributed by atoms with Crippen molar-refractivity contribution in [3.63, 3.8) is 0 Å². The molecule has 1 saturated heterocycles. The summed E-state index contributed by atoms with van der Waals surface area (Å²) in [6.07, 6.45) is 2.85. The second kappa shape index (κ2) is 9.57. The van der Waals surface area contributed by atoms with E-state index >= 15 is 0 Å². The van der Waals surface area contributed by atoms with E-state index in [1.165, 1.54) is 0 Å². The lowest BCUT2D eigenvalue weighted by Gasteiger charge is -2.38. The number of rotatable bonds is 11. The summed E-state index contributed by atoms with van der Waals surface area (Å²) in [6.45, 7) is 0. The molecule has 1 atom stereocenters. The fraction of sp³-hybridized carbons (Fsp3) is 0.846. The van der Waals surface area contributed by atoms with Gasteiger partial charge in [-0.15, -0.1) is 0 Å². The fourth-order valence-corrected chi connectivity index (χ4v) is 5.12. The second-order valence-corrected chi connectivity index (χ2v) is 9.16. The van der Waals surface area contributed by atoms with Crippen molar-refractivity contribution in [1.82, 2.24) is 0 Å². The molecule has 1 aliphatic rings. The van der Waals surface area contributed by atoms with E-state index in [2.05, 4.69) is 4.74 Å². The summed E-state index contributed by atoms with van der Waals surface area (Å²) in [5, 5.41) is 0. The molecule has 1 rings (SSSR count). The van der Waals surface area contributed by atoms with E-state index in [0.717, 1.165) is 36.8 Å². The highest BCUT2D eigenvalue weighted by molar-refractivity contribution is 7.99. The number of esters is 2. The van der Waals surface area contributed by atoms with E-state index in [9.17, 15) is 9.59 Å². The van der Waals surface area contributed by atoms with Gasteiger partial charge < -0.3 is 18.0 Å². The molecule has 0 aromatic rings. The molecule has 0 aromatic heterocycles. The molecular weight excluding hydrogens is 312 g/mol. The third-order valence-electron chi connectivity index (χ3n) is 3.51. The predicted octanol–water partition coefficient (Wildman–Crippen LogP) is 1.86. The van der Waals surface area contributed by atoms with Crippen molar-refractivity contribution in [2.75, 3.05) is 32.8 Å². The normalized spacial score (nSPS) is 19.1. The van der Waals surface area contributed by atoms with E-state index in [-0.39, 0.29) is 18.3 Å². The molecule has 0 radical (unpaired) electrons. The van der Waals surface area contributed by atoms with E-state index in [0.29, 0.717) is 0 Å². The van der Waals surface area contributed by atoms with Crippen LogP contribution >= 0.6 is 11.8 Å². The summed E-state index contributed by atoms with van der Waals surface area (Å²) in [5.41, 5.74) is 0. The van der Waals surface area contributed by atoms with Gasteiger partial charge in [-0.3, -0.25) is 9.59 Å². The van der Waals surface area contributed by atoms with Crippen LogP contribution in [0.4, 0.5) is 0 Å². The average Bonchev–Trinajstić information content (AvgIpc) is 2.81. The highest BCUT2D eigenvalue weighted by Crippen LogP contribution is 2.23. The van der Waals surface area contributed by atoms with Gasteiger partial charge in [-0.25, -0.2) is 0 Å². The van der Waals surface area contributed by atoms with Crippen molar-refractivity contribution in [2.24, 2.45) is 5.92 Å². The zero-order chi connectivity index (χ0) is 15.7. The Bertz CT molecular complexity index is 339. The Labute approximate surface area is 131 Å². The Hall–Kier alpha value is -0.413. The van der Waals surface area contributed by atoms with Crippen molar-refractivity contribution in [2.45, 2.75) is 31.7 Å². The Kier molecular flexibility index (Phi) is 8.50. The summed E-state index contributed by atoms with van der Waals surface area (Å²) >= 11 is 1.83. The molecule has 1 unspecified atom stereocenters. The Morgan fingerprint density at radius 1 is 1.14 bits per heavy atom. The minimum atomic E-state index is -2.44. The molecule has 0 aliphatic carbocycles. The van der Waals surface area contributed by atoms with E-state index in [1.807, 2.05) is 11.8 Å². The smallest absolute Gasteiger partial charge is 0.317 e. The monoisotopic (exact) mass is 336 g/mol. The van der Waals surface area contributed by atoms with Crippen LogP contribution in [-0.2, 0) is 27.6 Å². The number of carbonyl (C=O) groups excluding carboxylic acids is 2. The topological polar surface area (TPSA) is 71.1 Å². The minimum absolute atomic E-state index is 0.228. The van der Waals surface area contributed by atoms with Crippen molar-refractivity contribution in [3.05, 3.63) is 0 Å². The summed E-state index contributed by atoms with van der Waals surface area (Å²) in [6, 6.07) is 0.799. The molecule has 0 amide bonds. The van der Waals surface area contributed by atoms with Crippen LogP contribution in [0.3, 0.4) is 0 Å². The molecular formula is C13H24O6SSi-. The van der Waals surface area contributed by atoms with Gasteiger partial charge in [0.15, 0.2) is 0 Å². The molecule has 8 heteroatoms. The summed E-state index contributed by atoms with van der Waals surface area (Å²) in [4.78, 5) is 22.2. The zero-order valence-corrected chi connectivity index (χ0v) is 14.7. The first-order chi connectivity index (χ1) is 10.1. The van der Waals surface area contributed by atoms with Crippen LogP contribution in [0, 0.1) is 5.92 Å². The number of cyclic esters (lactones) is 2. The highest BCUT2D eigenvalue weighted by atomic mass is 32.2. The minimum Gasteiger partial charge on any atom is -0.527 e. The number of thioether (sulfide) groups is 1. The van der Waals surface area contributed by atoms with E-state index in [1.54, 1.807) is 21.3 Å². The Balaban J connectivity index is 2.05. The van der Waals surface area contributed by atoms with Crippen molar-refractivity contribution < 1.29 is 27.6 Å². The molecule has 0 N–H and O–H groups in total. The first-order valence-corrected chi connectivity index (χ1v) is 10.1. The van der Waals surface area contributed by atoms with Gasteiger partial charge in [0.1, 0.15) is 0 Å². The zero-order valence-electron chi connectivity index (χ0n) is 12.9. The van der Waals surface area contributed by atoms with Crippen LogP contribution in [0.2, 0.25) is 6.04 Å². The van der Waals surface area contributed by atoms with Crippen LogP contribution in [0.15, 0.2) is 0 Å². The fourth-order valence-electron chi connectivity index (χ4n) is 2.22. The summed E-state index contributed by atoms with van der Waals surface area (Å²) in [7, 11) is 2.42. The lowest BCUT2D eigenvalue weighted by molar-refractivity contribution is -0.153. The van der Waals surface area contributed by atoms with Crippen LogP contribution in [0.5, 0.6) is 0 Å². The Morgan fingerprint density at radius 2 is 1.76 bits per heavy atom.